The number of piperazine rings is 1. The van der Waals surface area contributed by atoms with Gasteiger partial charge in [-0.25, -0.2) is 0 Å². The first-order chi connectivity index (χ1) is 11.2. The van der Waals surface area contributed by atoms with Crippen molar-refractivity contribution in [2.24, 2.45) is 5.10 Å². The third kappa shape index (κ3) is 4.47. The minimum atomic E-state index is 0.277. The quantitative estimate of drug-likeness (QED) is 0.839. The summed E-state index contributed by atoms with van der Waals surface area (Å²) >= 11 is 6.24. The average molecular weight is 331 g/mol. The fourth-order valence-corrected chi connectivity index (χ4v) is 2.93. The highest BCUT2D eigenvalue weighted by atomic mass is 35.5. The number of phenolic OH excluding ortho intramolecular Hbond substituents is 1. The SMILES string of the molecule is Oc1ccc(/C=N/N2CC[NH+](Cc3ccccc3Cl)CC2)cc1. The third-order valence-corrected chi connectivity index (χ3v) is 4.48. The Bertz CT molecular complexity index is 664. The summed E-state index contributed by atoms with van der Waals surface area (Å²) in [6.07, 6.45) is 1.85. The Hall–Kier alpha value is -2.04. The molecule has 2 N–H and O–H groups in total. The molecule has 2 aromatic carbocycles. The van der Waals surface area contributed by atoms with E-state index in [9.17, 15) is 5.11 Å². The predicted octanol–water partition coefficient (Wildman–Crippen LogP) is 1.78. The van der Waals surface area contributed by atoms with Crippen molar-refractivity contribution in [3.8, 4) is 5.75 Å². The summed E-state index contributed by atoms with van der Waals surface area (Å²) in [7, 11) is 0. The van der Waals surface area contributed by atoms with Crippen LogP contribution in [0, 0.1) is 0 Å². The molecular weight excluding hydrogens is 310 g/mol. The molecule has 3 rings (SSSR count). The first kappa shape index (κ1) is 15.8. The number of phenols is 1. The van der Waals surface area contributed by atoms with E-state index in [0.29, 0.717) is 0 Å². The largest absolute Gasteiger partial charge is 0.508 e. The molecule has 0 radical (unpaired) electrons. The molecule has 1 saturated heterocycles. The fraction of sp³-hybridized carbons (Fsp3) is 0.278. The Kier molecular flexibility index (Phi) is 5.16. The van der Waals surface area contributed by atoms with Crippen LogP contribution in [-0.2, 0) is 6.54 Å². The number of aromatic hydroxyl groups is 1. The highest BCUT2D eigenvalue weighted by Gasteiger charge is 2.19. The molecule has 1 heterocycles. The molecule has 0 atom stereocenters. The standard InChI is InChI=1S/C18H20ClN3O/c19-18-4-2-1-3-16(18)14-21-9-11-22(12-10-21)20-13-15-5-7-17(23)8-6-15/h1-8,13,23H,9-12,14H2/p+1/b20-13+. The average Bonchev–Trinajstić information content (AvgIpc) is 2.58. The van der Waals surface area contributed by atoms with E-state index in [1.165, 1.54) is 10.5 Å². The van der Waals surface area contributed by atoms with Gasteiger partial charge in [0, 0.05) is 10.6 Å². The van der Waals surface area contributed by atoms with E-state index in [-0.39, 0.29) is 5.75 Å². The van der Waals surface area contributed by atoms with Gasteiger partial charge in [-0.15, -0.1) is 0 Å². The lowest BCUT2D eigenvalue weighted by atomic mass is 10.2. The molecule has 1 aliphatic rings. The molecule has 23 heavy (non-hydrogen) atoms. The first-order valence-corrected chi connectivity index (χ1v) is 8.23. The molecule has 5 heteroatoms. The summed E-state index contributed by atoms with van der Waals surface area (Å²) in [4.78, 5) is 1.54. The molecule has 2 aromatic rings. The van der Waals surface area contributed by atoms with Crippen molar-refractivity contribution in [2.45, 2.75) is 6.54 Å². The Morgan fingerprint density at radius 3 is 2.48 bits per heavy atom. The zero-order valence-electron chi connectivity index (χ0n) is 13.0. The second kappa shape index (κ2) is 7.49. The highest BCUT2D eigenvalue weighted by molar-refractivity contribution is 6.31. The van der Waals surface area contributed by atoms with Crippen LogP contribution in [0.25, 0.3) is 0 Å². The molecule has 0 unspecified atom stereocenters. The van der Waals surface area contributed by atoms with E-state index >= 15 is 0 Å². The number of quaternary nitrogens is 1. The topological polar surface area (TPSA) is 40.3 Å². The van der Waals surface area contributed by atoms with E-state index < -0.39 is 0 Å². The van der Waals surface area contributed by atoms with Crippen molar-refractivity contribution in [1.82, 2.24) is 5.01 Å². The molecule has 1 aliphatic heterocycles. The maximum absolute atomic E-state index is 9.28. The lowest BCUT2D eigenvalue weighted by molar-refractivity contribution is -0.918. The summed E-state index contributed by atoms with van der Waals surface area (Å²) in [6.45, 7) is 4.95. The Balaban J connectivity index is 1.50. The predicted molar refractivity (Wildman–Crippen MR) is 93.1 cm³/mol. The number of benzene rings is 2. The van der Waals surface area contributed by atoms with Gasteiger partial charge < -0.3 is 10.0 Å². The van der Waals surface area contributed by atoms with Crippen molar-refractivity contribution in [2.75, 3.05) is 26.2 Å². The van der Waals surface area contributed by atoms with E-state index in [0.717, 1.165) is 43.3 Å². The first-order valence-electron chi connectivity index (χ1n) is 7.85. The van der Waals surface area contributed by atoms with Crippen LogP contribution in [-0.4, -0.2) is 42.5 Å². The van der Waals surface area contributed by atoms with E-state index in [1.54, 1.807) is 12.1 Å². The number of hydrazone groups is 1. The minimum absolute atomic E-state index is 0.277. The van der Waals surface area contributed by atoms with Gasteiger partial charge in [-0.05, 0) is 35.9 Å². The monoisotopic (exact) mass is 330 g/mol. The summed E-state index contributed by atoms with van der Waals surface area (Å²) in [5.74, 6) is 0.277. The smallest absolute Gasteiger partial charge is 0.115 e. The van der Waals surface area contributed by atoms with Gasteiger partial charge in [0.05, 0.1) is 32.4 Å². The van der Waals surface area contributed by atoms with Gasteiger partial charge in [-0.1, -0.05) is 29.8 Å². The number of halogens is 1. The highest BCUT2D eigenvalue weighted by Crippen LogP contribution is 2.13. The molecule has 0 amide bonds. The summed E-state index contributed by atoms with van der Waals surface area (Å²) in [5.41, 5.74) is 2.21. The van der Waals surface area contributed by atoms with Crippen molar-refractivity contribution >= 4 is 17.8 Å². The van der Waals surface area contributed by atoms with Crippen molar-refractivity contribution < 1.29 is 10.0 Å². The molecule has 1 fully saturated rings. The molecular formula is C18H21ClN3O+. The number of nitrogens with zero attached hydrogens (tertiary/aromatic N) is 2. The van der Waals surface area contributed by atoms with Gasteiger partial charge in [0.25, 0.3) is 0 Å². The zero-order valence-corrected chi connectivity index (χ0v) is 13.7. The maximum Gasteiger partial charge on any atom is 0.115 e. The fourth-order valence-electron chi connectivity index (χ4n) is 2.72. The van der Waals surface area contributed by atoms with Crippen LogP contribution in [0.2, 0.25) is 5.02 Å². The van der Waals surface area contributed by atoms with Crippen LogP contribution < -0.4 is 4.90 Å². The van der Waals surface area contributed by atoms with Crippen molar-refractivity contribution in [3.05, 3.63) is 64.7 Å². The maximum atomic E-state index is 9.28. The molecule has 0 bridgehead atoms. The summed E-state index contributed by atoms with van der Waals surface area (Å²) < 4.78 is 0. The van der Waals surface area contributed by atoms with Gasteiger partial charge in [0.15, 0.2) is 0 Å². The third-order valence-electron chi connectivity index (χ3n) is 4.11. The summed E-state index contributed by atoms with van der Waals surface area (Å²) in [5, 5.41) is 16.8. The Labute approximate surface area is 141 Å². The Morgan fingerprint density at radius 1 is 1.09 bits per heavy atom. The van der Waals surface area contributed by atoms with E-state index in [1.807, 2.05) is 36.5 Å². The van der Waals surface area contributed by atoms with Gasteiger partial charge in [0.1, 0.15) is 12.3 Å². The van der Waals surface area contributed by atoms with Gasteiger partial charge in [0.2, 0.25) is 0 Å². The summed E-state index contributed by atoms with van der Waals surface area (Å²) in [6, 6.07) is 15.1. The second-order valence-electron chi connectivity index (χ2n) is 5.81. The lowest BCUT2D eigenvalue weighted by Gasteiger charge is -2.30. The lowest BCUT2D eigenvalue weighted by Crippen LogP contribution is -3.13. The van der Waals surface area contributed by atoms with Crippen LogP contribution in [0.4, 0.5) is 0 Å². The number of hydrogen-bond donors (Lipinski definition) is 2. The van der Waals surface area contributed by atoms with Crippen LogP contribution in [0.3, 0.4) is 0 Å². The number of rotatable bonds is 4. The minimum Gasteiger partial charge on any atom is -0.508 e. The molecule has 120 valence electrons. The second-order valence-corrected chi connectivity index (χ2v) is 6.22. The van der Waals surface area contributed by atoms with Crippen molar-refractivity contribution in [1.29, 1.82) is 0 Å². The normalized spacial score (nSPS) is 16.1. The molecule has 0 aromatic heterocycles. The van der Waals surface area contributed by atoms with Crippen LogP contribution in [0.15, 0.2) is 53.6 Å². The molecule has 4 nitrogen and oxygen atoms in total. The van der Waals surface area contributed by atoms with Crippen LogP contribution in [0.1, 0.15) is 11.1 Å². The molecule has 0 spiro atoms. The van der Waals surface area contributed by atoms with E-state index in [2.05, 4.69) is 16.2 Å². The molecule has 0 aliphatic carbocycles. The van der Waals surface area contributed by atoms with Gasteiger partial charge in [-0.3, -0.25) is 5.01 Å². The van der Waals surface area contributed by atoms with Crippen molar-refractivity contribution in [3.63, 3.8) is 0 Å². The van der Waals surface area contributed by atoms with Crippen LogP contribution in [0.5, 0.6) is 5.75 Å². The Morgan fingerprint density at radius 2 is 1.78 bits per heavy atom. The van der Waals surface area contributed by atoms with Gasteiger partial charge >= 0.3 is 0 Å². The van der Waals surface area contributed by atoms with Gasteiger partial charge in [-0.2, -0.15) is 5.10 Å². The van der Waals surface area contributed by atoms with E-state index in [4.69, 9.17) is 11.6 Å². The molecule has 0 saturated carbocycles. The number of hydrogen-bond acceptors (Lipinski definition) is 3. The zero-order chi connectivity index (χ0) is 16.1. The van der Waals surface area contributed by atoms with Crippen LogP contribution >= 0.6 is 11.6 Å². The number of nitrogens with one attached hydrogen (secondary N) is 1.